The fraction of sp³-hybridized carbons (Fsp3) is 0.500. The summed E-state index contributed by atoms with van der Waals surface area (Å²) in [7, 11) is -3.54. The molecule has 1 aliphatic rings. The largest absolute Gasteiger partial charge is 0.398 e. The minimum Gasteiger partial charge on any atom is -0.398 e. The van der Waals surface area contributed by atoms with Crippen LogP contribution in [0.5, 0.6) is 0 Å². The molecule has 0 radical (unpaired) electrons. The van der Waals surface area contributed by atoms with Crippen molar-refractivity contribution < 1.29 is 8.42 Å². The molecule has 1 saturated carbocycles. The summed E-state index contributed by atoms with van der Waals surface area (Å²) in [6.07, 6.45) is 4.89. The highest BCUT2D eigenvalue weighted by atomic mass is 79.9. The van der Waals surface area contributed by atoms with E-state index in [-0.39, 0.29) is 16.6 Å². The number of sulfonamides is 1. The first kappa shape index (κ1) is 15.2. The number of nitrogens with one attached hydrogen (secondary N) is 1. The number of thioether (sulfide) groups is 1. The molecule has 7 heteroatoms. The van der Waals surface area contributed by atoms with Crippen LogP contribution in [0.25, 0.3) is 0 Å². The van der Waals surface area contributed by atoms with Gasteiger partial charge in [0.05, 0.1) is 5.69 Å². The van der Waals surface area contributed by atoms with E-state index in [1.807, 2.05) is 0 Å². The van der Waals surface area contributed by atoms with Gasteiger partial charge in [-0.2, -0.15) is 11.8 Å². The first-order valence-electron chi connectivity index (χ1n) is 6.02. The van der Waals surface area contributed by atoms with Crippen molar-refractivity contribution in [1.29, 1.82) is 0 Å². The molecule has 106 valence electrons. The third-order valence-corrected chi connectivity index (χ3v) is 6.47. The van der Waals surface area contributed by atoms with E-state index < -0.39 is 10.0 Å². The Hall–Kier alpha value is -0.240. The number of rotatable bonds is 4. The quantitative estimate of drug-likeness (QED) is 0.805. The van der Waals surface area contributed by atoms with E-state index in [0.717, 1.165) is 19.3 Å². The van der Waals surface area contributed by atoms with Crippen LogP contribution in [0.4, 0.5) is 5.69 Å². The highest BCUT2D eigenvalue weighted by molar-refractivity contribution is 9.10. The zero-order valence-corrected chi connectivity index (χ0v) is 13.8. The molecular formula is C12H17BrN2O2S2. The summed E-state index contributed by atoms with van der Waals surface area (Å²) in [5.41, 5.74) is 6.03. The highest BCUT2D eigenvalue weighted by Gasteiger charge is 2.29. The molecule has 1 aliphatic carbocycles. The van der Waals surface area contributed by atoms with E-state index in [0.29, 0.717) is 9.72 Å². The summed E-state index contributed by atoms with van der Waals surface area (Å²) in [6.45, 7) is 0. The fourth-order valence-electron chi connectivity index (χ4n) is 2.29. The first-order chi connectivity index (χ1) is 8.92. The topological polar surface area (TPSA) is 72.2 Å². The minimum atomic E-state index is -3.54. The number of hydrogen-bond acceptors (Lipinski definition) is 4. The van der Waals surface area contributed by atoms with Crippen LogP contribution in [0.2, 0.25) is 0 Å². The van der Waals surface area contributed by atoms with Crippen molar-refractivity contribution in [2.45, 2.75) is 35.4 Å². The Labute approximate surface area is 126 Å². The van der Waals surface area contributed by atoms with Crippen molar-refractivity contribution in [1.82, 2.24) is 4.72 Å². The van der Waals surface area contributed by atoms with Gasteiger partial charge in [0.25, 0.3) is 0 Å². The van der Waals surface area contributed by atoms with Crippen molar-refractivity contribution in [2.24, 2.45) is 0 Å². The molecule has 1 fully saturated rings. The lowest BCUT2D eigenvalue weighted by molar-refractivity contribution is 0.553. The summed E-state index contributed by atoms with van der Waals surface area (Å²) >= 11 is 5.07. The molecule has 3 N–H and O–H groups in total. The van der Waals surface area contributed by atoms with Gasteiger partial charge in [-0.25, -0.2) is 13.1 Å². The molecule has 2 atom stereocenters. The first-order valence-corrected chi connectivity index (χ1v) is 9.59. The predicted molar refractivity (Wildman–Crippen MR) is 83.8 cm³/mol. The number of nitrogens with two attached hydrogens (primary N) is 1. The van der Waals surface area contributed by atoms with E-state index in [2.05, 4.69) is 26.9 Å². The number of hydrogen-bond donors (Lipinski definition) is 2. The van der Waals surface area contributed by atoms with E-state index in [1.54, 1.807) is 30.0 Å². The van der Waals surface area contributed by atoms with Crippen LogP contribution in [0.1, 0.15) is 19.3 Å². The molecule has 0 aliphatic heterocycles. The average Bonchev–Trinajstić information content (AvgIpc) is 2.79. The SMILES string of the molecule is CSC1CCC(NS(=O)(=O)c2cc(Br)ccc2N)C1. The number of benzene rings is 1. The fourth-order valence-corrected chi connectivity index (χ4v) is 5.03. The molecule has 2 rings (SSSR count). The number of halogens is 1. The van der Waals surface area contributed by atoms with Crippen LogP contribution < -0.4 is 10.5 Å². The van der Waals surface area contributed by atoms with Gasteiger partial charge in [0.2, 0.25) is 10.0 Å². The van der Waals surface area contributed by atoms with Crippen LogP contribution in [-0.2, 0) is 10.0 Å². The molecule has 19 heavy (non-hydrogen) atoms. The van der Waals surface area contributed by atoms with E-state index in [9.17, 15) is 8.42 Å². The van der Waals surface area contributed by atoms with Gasteiger partial charge in [0, 0.05) is 15.8 Å². The third kappa shape index (κ3) is 3.65. The van der Waals surface area contributed by atoms with Crippen LogP contribution in [-0.4, -0.2) is 26.0 Å². The molecular weight excluding hydrogens is 348 g/mol. The lowest BCUT2D eigenvalue weighted by atomic mass is 10.3. The average molecular weight is 365 g/mol. The van der Waals surface area contributed by atoms with Crippen molar-refractivity contribution >= 4 is 43.4 Å². The highest BCUT2D eigenvalue weighted by Crippen LogP contribution is 2.30. The van der Waals surface area contributed by atoms with Gasteiger partial charge in [0.1, 0.15) is 4.90 Å². The Kier molecular flexibility index (Phi) is 4.81. The summed E-state index contributed by atoms with van der Waals surface area (Å²) in [6, 6.07) is 4.88. The summed E-state index contributed by atoms with van der Waals surface area (Å²) in [5.74, 6) is 0. The van der Waals surface area contributed by atoms with E-state index >= 15 is 0 Å². The molecule has 4 nitrogen and oxygen atoms in total. The molecule has 1 aromatic carbocycles. The van der Waals surface area contributed by atoms with Crippen LogP contribution in [0.3, 0.4) is 0 Å². The van der Waals surface area contributed by atoms with E-state index in [1.165, 1.54) is 0 Å². The maximum Gasteiger partial charge on any atom is 0.242 e. The van der Waals surface area contributed by atoms with Gasteiger partial charge in [0.15, 0.2) is 0 Å². The Balaban J connectivity index is 2.17. The van der Waals surface area contributed by atoms with Crippen molar-refractivity contribution in [3.8, 4) is 0 Å². The Morgan fingerprint density at radius 3 is 2.79 bits per heavy atom. The van der Waals surface area contributed by atoms with Gasteiger partial charge in [-0.05, 0) is 43.7 Å². The smallest absolute Gasteiger partial charge is 0.242 e. The number of nitrogen functional groups attached to an aromatic ring is 1. The predicted octanol–water partition coefficient (Wildman–Crippen LogP) is 2.59. The summed E-state index contributed by atoms with van der Waals surface area (Å²) in [5, 5.41) is 0.549. The number of anilines is 1. The second-order valence-corrected chi connectivity index (χ2v) is 8.41. The zero-order chi connectivity index (χ0) is 14.0. The molecule has 2 unspecified atom stereocenters. The molecule has 0 saturated heterocycles. The van der Waals surface area contributed by atoms with Crippen LogP contribution in [0, 0.1) is 0 Å². The summed E-state index contributed by atoms with van der Waals surface area (Å²) < 4.78 is 28.1. The van der Waals surface area contributed by atoms with Crippen LogP contribution in [0.15, 0.2) is 27.6 Å². The van der Waals surface area contributed by atoms with Crippen molar-refractivity contribution in [3.05, 3.63) is 22.7 Å². The van der Waals surface area contributed by atoms with Gasteiger partial charge in [-0.3, -0.25) is 0 Å². The lowest BCUT2D eigenvalue weighted by Crippen LogP contribution is -2.33. The van der Waals surface area contributed by atoms with Gasteiger partial charge < -0.3 is 5.73 Å². The van der Waals surface area contributed by atoms with Crippen molar-refractivity contribution in [2.75, 3.05) is 12.0 Å². The van der Waals surface area contributed by atoms with Gasteiger partial charge in [-0.15, -0.1) is 0 Å². The molecule has 0 amide bonds. The molecule has 0 aromatic heterocycles. The zero-order valence-electron chi connectivity index (χ0n) is 10.6. The Morgan fingerprint density at radius 1 is 1.42 bits per heavy atom. The molecule has 0 heterocycles. The van der Waals surface area contributed by atoms with Crippen LogP contribution >= 0.6 is 27.7 Å². The standard InChI is InChI=1S/C12H17BrN2O2S2/c1-18-10-4-3-9(7-10)15-19(16,17)12-6-8(13)2-5-11(12)14/h2,5-6,9-10,15H,3-4,7,14H2,1H3. The molecule has 0 spiro atoms. The molecule has 1 aromatic rings. The van der Waals surface area contributed by atoms with E-state index in [4.69, 9.17) is 5.73 Å². The van der Waals surface area contributed by atoms with Gasteiger partial charge in [-0.1, -0.05) is 15.9 Å². The van der Waals surface area contributed by atoms with Crippen molar-refractivity contribution in [3.63, 3.8) is 0 Å². The lowest BCUT2D eigenvalue weighted by Gasteiger charge is -2.14. The minimum absolute atomic E-state index is 0.0147. The molecule has 0 bridgehead atoms. The summed E-state index contributed by atoms with van der Waals surface area (Å²) in [4.78, 5) is 0.148. The second-order valence-electron chi connectivity index (χ2n) is 4.67. The van der Waals surface area contributed by atoms with Gasteiger partial charge >= 0.3 is 0 Å². The maximum atomic E-state index is 12.3. The Bertz CT molecular complexity index is 563. The second kappa shape index (κ2) is 6.03. The normalized spacial score (nSPS) is 23.7. The third-order valence-electron chi connectivity index (χ3n) is 3.30. The maximum absolute atomic E-state index is 12.3. The Morgan fingerprint density at radius 2 is 2.16 bits per heavy atom. The monoisotopic (exact) mass is 364 g/mol.